The third-order valence-corrected chi connectivity index (χ3v) is 4.52. The van der Waals surface area contributed by atoms with Crippen molar-refractivity contribution in [3.05, 3.63) is 65.2 Å². The van der Waals surface area contributed by atoms with Crippen molar-refractivity contribution in [2.24, 2.45) is 0 Å². The molecule has 0 aromatic heterocycles. The maximum atomic E-state index is 12.1. The Bertz CT molecular complexity index is 585. The van der Waals surface area contributed by atoms with Crippen molar-refractivity contribution in [2.75, 3.05) is 10.7 Å². The topological polar surface area (TPSA) is 20.3 Å². The highest BCUT2D eigenvalue weighted by atomic mass is 35.5. The van der Waals surface area contributed by atoms with Gasteiger partial charge in [-0.15, -0.1) is 11.8 Å². The van der Waals surface area contributed by atoms with Crippen molar-refractivity contribution >= 4 is 35.0 Å². The summed E-state index contributed by atoms with van der Waals surface area (Å²) in [6, 6.07) is 17.5. The Hall–Kier alpha value is -1.45. The molecule has 1 amide bonds. The smallest absolute Gasteiger partial charge is 0.238 e. The number of nitrogens with zero attached hydrogens (tertiary/aromatic N) is 1. The zero-order valence-corrected chi connectivity index (χ0v) is 11.7. The minimum absolute atomic E-state index is 0.0508. The molecule has 19 heavy (non-hydrogen) atoms. The largest absolute Gasteiger partial charge is 0.295 e. The highest BCUT2D eigenvalue weighted by molar-refractivity contribution is 8.00. The van der Waals surface area contributed by atoms with Gasteiger partial charge in [0, 0.05) is 10.7 Å². The van der Waals surface area contributed by atoms with Crippen molar-refractivity contribution < 1.29 is 4.79 Å². The van der Waals surface area contributed by atoms with Crippen LogP contribution >= 0.6 is 23.4 Å². The van der Waals surface area contributed by atoms with Gasteiger partial charge >= 0.3 is 0 Å². The SMILES string of the molecule is O=C1CSC(c2ccccc2)N1c1ccc(Cl)cc1. The van der Waals surface area contributed by atoms with Gasteiger partial charge in [0.05, 0.1) is 5.75 Å². The fraction of sp³-hybridized carbons (Fsp3) is 0.133. The lowest BCUT2D eigenvalue weighted by atomic mass is 10.2. The average molecular weight is 290 g/mol. The summed E-state index contributed by atoms with van der Waals surface area (Å²) in [5.74, 6) is 0.656. The van der Waals surface area contributed by atoms with Crippen LogP contribution in [0.1, 0.15) is 10.9 Å². The van der Waals surface area contributed by atoms with Gasteiger partial charge in [0.2, 0.25) is 5.91 Å². The Morgan fingerprint density at radius 1 is 1.05 bits per heavy atom. The van der Waals surface area contributed by atoms with Crippen LogP contribution in [0.2, 0.25) is 5.02 Å². The molecule has 0 bridgehead atoms. The summed E-state index contributed by atoms with van der Waals surface area (Å²) in [6.07, 6.45) is 0. The zero-order valence-electron chi connectivity index (χ0n) is 10.1. The summed E-state index contributed by atoms with van der Waals surface area (Å²) in [5.41, 5.74) is 2.04. The molecule has 1 unspecified atom stereocenters. The van der Waals surface area contributed by atoms with Crippen molar-refractivity contribution in [3.63, 3.8) is 0 Å². The first-order valence-corrected chi connectivity index (χ1v) is 7.42. The number of hydrogen-bond acceptors (Lipinski definition) is 2. The Balaban J connectivity index is 1.97. The Kier molecular flexibility index (Phi) is 3.49. The van der Waals surface area contributed by atoms with E-state index in [1.165, 1.54) is 0 Å². The quantitative estimate of drug-likeness (QED) is 0.829. The number of hydrogen-bond donors (Lipinski definition) is 0. The van der Waals surface area contributed by atoms with Crippen LogP contribution in [0.3, 0.4) is 0 Å². The molecule has 3 rings (SSSR count). The minimum atomic E-state index is 0.0508. The van der Waals surface area contributed by atoms with Crippen LogP contribution in [0, 0.1) is 0 Å². The number of thioether (sulfide) groups is 1. The second kappa shape index (κ2) is 5.27. The van der Waals surface area contributed by atoms with Gasteiger partial charge in [-0.25, -0.2) is 0 Å². The molecule has 4 heteroatoms. The van der Waals surface area contributed by atoms with Gasteiger partial charge in [-0.05, 0) is 29.8 Å². The maximum absolute atomic E-state index is 12.1. The number of carbonyl (C=O) groups is 1. The van der Waals surface area contributed by atoms with Crippen LogP contribution in [-0.4, -0.2) is 11.7 Å². The van der Waals surface area contributed by atoms with Crippen LogP contribution in [0.15, 0.2) is 54.6 Å². The van der Waals surface area contributed by atoms with Crippen LogP contribution in [0.4, 0.5) is 5.69 Å². The second-order valence-electron chi connectivity index (χ2n) is 4.31. The summed E-state index contributed by atoms with van der Waals surface area (Å²) in [5, 5.41) is 0.731. The third kappa shape index (κ3) is 2.48. The van der Waals surface area contributed by atoms with E-state index in [9.17, 15) is 4.79 Å². The van der Waals surface area contributed by atoms with Gasteiger partial charge in [-0.3, -0.25) is 9.69 Å². The lowest BCUT2D eigenvalue weighted by molar-refractivity contribution is -0.115. The fourth-order valence-corrected chi connectivity index (χ4v) is 3.47. The van der Waals surface area contributed by atoms with E-state index in [1.54, 1.807) is 11.8 Å². The molecule has 2 aromatic rings. The summed E-state index contributed by atoms with van der Waals surface area (Å²) in [6.45, 7) is 0. The van der Waals surface area contributed by atoms with E-state index in [1.807, 2.05) is 47.4 Å². The van der Waals surface area contributed by atoms with Gasteiger partial charge in [0.15, 0.2) is 0 Å². The minimum Gasteiger partial charge on any atom is -0.295 e. The standard InChI is InChI=1S/C15H12ClNOS/c16-12-6-8-13(9-7-12)17-14(18)10-19-15(17)11-4-2-1-3-5-11/h1-9,15H,10H2. The van der Waals surface area contributed by atoms with Crippen LogP contribution < -0.4 is 4.90 Å². The third-order valence-electron chi connectivity index (χ3n) is 3.06. The summed E-state index contributed by atoms with van der Waals surface area (Å²) < 4.78 is 0. The molecule has 0 spiro atoms. The molecule has 1 aliphatic rings. The molecule has 2 aromatic carbocycles. The molecule has 0 radical (unpaired) electrons. The molecule has 96 valence electrons. The maximum Gasteiger partial charge on any atom is 0.238 e. The first kappa shape index (κ1) is 12.6. The number of amides is 1. The second-order valence-corrected chi connectivity index (χ2v) is 5.82. The van der Waals surface area contributed by atoms with Crippen LogP contribution in [0.25, 0.3) is 0 Å². The molecule has 1 fully saturated rings. The van der Waals surface area contributed by atoms with Crippen molar-refractivity contribution in [2.45, 2.75) is 5.37 Å². The zero-order chi connectivity index (χ0) is 13.2. The van der Waals surface area contributed by atoms with Crippen molar-refractivity contribution in [1.29, 1.82) is 0 Å². The van der Waals surface area contributed by atoms with Crippen LogP contribution in [-0.2, 0) is 4.79 Å². The molecule has 1 atom stereocenters. The molecule has 0 aliphatic carbocycles. The molecular formula is C15H12ClNOS. The monoisotopic (exact) mass is 289 g/mol. The predicted octanol–water partition coefficient (Wildman–Crippen LogP) is 4.12. The average Bonchev–Trinajstić information content (AvgIpc) is 2.83. The number of carbonyl (C=O) groups excluding carboxylic acids is 1. The van der Waals surface area contributed by atoms with Gasteiger partial charge < -0.3 is 0 Å². The van der Waals surface area contributed by atoms with E-state index in [0.29, 0.717) is 10.8 Å². The summed E-state index contributed by atoms with van der Waals surface area (Å²) in [7, 11) is 0. The Morgan fingerprint density at radius 2 is 1.74 bits per heavy atom. The fourth-order valence-electron chi connectivity index (χ4n) is 2.17. The lowest BCUT2D eigenvalue weighted by Crippen LogP contribution is -2.27. The molecule has 1 heterocycles. The molecular weight excluding hydrogens is 278 g/mol. The van der Waals surface area contributed by atoms with E-state index in [0.717, 1.165) is 11.3 Å². The van der Waals surface area contributed by atoms with Gasteiger partial charge in [0.1, 0.15) is 5.37 Å². The van der Waals surface area contributed by atoms with Crippen molar-refractivity contribution in [3.8, 4) is 0 Å². The highest BCUT2D eigenvalue weighted by Gasteiger charge is 2.33. The Labute approximate surface area is 121 Å². The molecule has 2 nitrogen and oxygen atoms in total. The summed E-state index contributed by atoms with van der Waals surface area (Å²) >= 11 is 7.55. The molecule has 1 saturated heterocycles. The van der Waals surface area contributed by atoms with Gasteiger partial charge in [0.25, 0.3) is 0 Å². The number of anilines is 1. The molecule has 0 N–H and O–H groups in total. The van der Waals surface area contributed by atoms with E-state index in [4.69, 9.17) is 11.6 Å². The first-order valence-electron chi connectivity index (χ1n) is 6.00. The predicted molar refractivity (Wildman–Crippen MR) is 80.6 cm³/mol. The first-order chi connectivity index (χ1) is 9.25. The highest BCUT2D eigenvalue weighted by Crippen LogP contribution is 2.41. The normalized spacial score (nSPS) is 18.9. The number of benzene rings is 2. The van der Waals surface area contributed by atoms with Crippen LogP contribution in [0.5, 0.6) is 0 Å². The number of rotatable bonds is 2. The summed E-state index contributed by atoms with van der Waals surface area (Å²) in [4.78, 5) is 14.0. The van der Waals surface area contributed by atoms with Crippen molar-refractivity contribution in [1.82, 2.24) is 0 Å². The molecule has 1 aliphatic heterocycles. The van der Waals surface area contributed by atoms with Gasteiger partial charge in [-0.1, -0.05) is 41.9 Å². The van der Waals surface area contributed by atoms with Gasteiger partial charge in [-0.2, -0.15) is 0 Å². The molecule has 0 saturated carbocycles. The van der Waals surface area contributed by atoms with E-state index in [-0.39, 0.29) is 11.3 Å². The number of halogens is 1. The van der Waals surface area contributed by atoms with E-state index < -0.39 is 0 Å². The van der Waals surface area contributed by atoms with E-state index >= 15 is 0 Å². The Morgan fingerprint density at radius 3 is 2.42 bits per heavy atom. The lowest BCUT2D eigenvalue weighted by Gasteiger charge is -2.24. The van der Waals surface area contributed by atoms with E-state index in [2.05, 4.69) is 12.1 Å².